The van der Waals surface area contributed by atoms with E-state index in [1.54, 1.807) is 0 Å². The Bertz CT molecular complexity index is 277. The number of aliphatic hydroxyl groups is 2. The zero-order valence-corrected chi connectivity index (χ0v) is 14.3. The normalized spacial score (nSPS) is 15.1. The van der Waals surface area contributed by atoms with E-state index >= 15 is 0 Å². The van der Waals surface area contributed by atoms with Crippen LogP contribution in [0.25, 0.3) is 0 Å². The fourth-order valence-electron chi connectivity index (χ4n) is 2.26. The van der Waals surface area contributed by atoms with Gasteiger partial charge in [-0.2, -0.15) is 0 Å². The van der Waals surface area contributed by atoms with Crippen LogP contribution in [-0.4, -0.2) is 85.1 Å². The van der Waals surface area contributed by atoms with Gasteiger partial charge in [0, 0.05) is 32.7 Å². The van der Waals surface area contributed by atoms with E-state index in [9.17, 15) is 10.2 Å². The van der Waals surface area contributed by atoms with E-state index in [-0.39, 0.29) is 0 Å². The van der Waals surface area contributed by atoms with Crippen molar-refractivity contribution in [3.8, 4) is 0 Å². The van der Waals surface area contributed by atoms with E-state index in [2.05, 4.69) is 28.9 Å². The molecule has 0 aliphatic rings. The second-order valence-corrected chi connectivity index (χ2v) is 5.89. The van der Waals surface area contributed by atoms with Gasteiger partial charge in [0.1, 0.15) is 0 Å². The number of rotatable bonds is 14. The van der Waals surface area contributed by atoms with Crippen molar-refractivity contribution in [2.24, 2.45) is 11.5 Å². The van der Waals surface area contributed by atoms with Gasteiger partial charge in [-0.05, 0) is 39.4 Å². The molecule has 0 aromatic carbocycles. The van der Waals surface area contributed by atoms with Crippen molar-refractivity contribution in [1.29, 1.82) is 0 Å². The zero-order valence-electron chi connectivity index (χ0n) is 14.3. The average molecular weight is 316 g/mol. The van der Waals surface area contributed by atoms with Gasteiger partial charge in [-0.15, -0.1) is 0 Å². The zero-order chi connectivity index (χ0) is 16.8. The van der Waals surface area contributed by atoms with Crippen LogP contribution in [0.4, 0.5) is 0 Å². The third-order valence-corrected chi connectivity index (χ3v) is 3.57. The Labute approximate surface area is 135 Å². The van der Waals surface area contributed by atoms with Crippen LogP contribution in [0.3, 0.4) is 0 Å². The Morgan fingerprint density at radius 1 is 0.955 bits per heavy atom. The molecule has 0 bridgehead atoms. The Hall–Kier alpha value is -0.500. The molecule has 6 heteroatoms. The van der Waals surface area contributed by atoms with Crippen molar-refractivity contribution in [3.05, 3.63) is 12.2 Å². The highest BCUT2D eigenvalue weighted by atomic mass is 16.3. The van der Waals surface area contributed by atoms with Crippen molar-refractivity contribution in [1.82, 2.24) is 9.80 Å². The number of hydrogen-bond acceptors (Lipinski definition) is 6. The molecule has 0 aliphatic carbocycles. The molecule has 2 atom stereocenters. The van der Waals surface area contributed by atoms with Gasteiger partial charge < -0.3 is 26.6 Å². The summed E-state index contributed by atoms with van der Waals surface area (Å²) in [4.78, 5) is 4.34. The monoisotopic (exact) mass is 316 g/mol. The molecule has 132 valence electrons. The minimum atomic E-state index is -0.461. The summed E-state index contributed by atoms with van der Waals surface area (Å²) in [6.07, 6.45) is 6.52. The lowest BCUT2D eigenvalue weighted by molar-refractivity contribution is 0.119. The van der Waals surface area contributed by atoms with Crippen molar-refractivity contribution >= 4 is 0 Å². The molecule has 6 N–H and O–H groups in total. The molecule has 6 nitrogen and oxygen atoms in total. The SMILES string of the molecule is CCC=CCN(CCCCN(C)CC(O)CN)CC(O)CN. The largest absolute Gasteiger partial charge is 0.390 e. The van der Waals surface area contributed by atoms with Crippen molar-refractivity contribution in [2.75, 3.05) is 52.9 Å². The third-order valence-electron chi connectivity index (χ3n) is 3.57. The standard InChI is InChI=1S/C16H36N4O2/c1-3-4-5-9-20(14-16(22)12-18)10-7-6-8-19(2)13-15(21)11-17/h4-5,15-16,21-22H,3,6-14,17-18H2,1-2H3. The van der Waals surface area contributed by atoms with Gasteiger partial charge in [-0.1, -0.05) is 19.1 Å². The van der Waals surface area contributed by atoms with E-state index < -0.39 is 12.2 Å². The smallest absolute Gasteiger partial charge is 0.0789 e. The maximum atomic E-state index is 9.72. The lowest BCUT2D eigenvalue weighted by Gasteiger charge is -2.24. The molecule has 0 fully saturated rings. The van der Waals surface area contributed by atoms with Crippen molar-refractivity contribution < 1.29 is 10.2 Å². The van der Waals surface area contributed by atoms with Gasteiger partial charge in [-0.25, -0.2) is 0 Å². The number of allylic oxidation sites excluding steroid dienone is 1. The lowest BCUT2D eigenvalue weighted by atomic mass is 10.2. The molecule has 0 amide bonds. The molecule has 0 aliphatic heterocycles. The maximum Gasteiger partial charge on any atom is 0.0789 e. The van der Waals surface area contributed by atoms with Crippen LogP contribution >= 0.6 is 0 Å². The minimum Gasteiger partial charge on any atom is -0.390 e. The maximum absolute atomic E-state index is 9.72. The summed E-state index contributed by atoms with van der Waals surface area (Å²) in [5, 5.41) is 19.2. The highest BCUT2D eigenvalue weighted by molar-refractivity contribution is 4.84. The van der Waals surface area contributed by atoms with Gasteiger partial charge in [0.05, 0.1) is 12.2 Å². The molecule has 22 heavy (non-hydrogen) atoms. The number of hydrogen-bond donors (Lipinski definition) is 4. The second kappa shape index (κ2) is 14.1. The molecule has 0 radical (unpaired) electrons. The fraction of sp³-hybridized carbons (Fsp3) is 0.875. The van der Waals surface area contributed by atoms with Crippen molar-refractivity contribution in [3.63, 3.8) is 0 Å². The molecule has 2 unspecified atom stereocenters. The first-order valence-corrected chi connectivity index (χ1v) is 8.35. The van der Waals surface area contributed by atoms with Crippen LogP contribution in [0.15, 0.2) is 12.2 Å². The van der Waals surface area contributed by atoms with Crippen LogP contribution in [0.5, 0.6) is 0 Å². The van der Waals surface area contributed by atoms with E-state index in [1.807, 2.05) is 7.05 Å². The summed E-state index contributed by atoms with van der Waals surface area (Å²) in [5.74, 6) is 0. The number of aliphatic hydroxyl groups excluding tert-OH is 2. The Morgan fingerprint density at radius 2 is 1.55 bits per heavy atom. The molecular formula is C16H36N4O2. The van der Waals surface area contributed by atoms with Gasteiger partial charge >= 0.3 is 0 Å². The summed E-state index contributed by atoms with van der Waals surface area (Å²) < 4.78 is 0. The van der Waals surface area contributed by atoms with E-state index in [1.165, 1.54) is 0 Å². The van der Waals surface area contributed by atoms with E-state index in [0.29, 0.717) is 26.2 Å². The Morgan fingerprint density at radius 3 is 2.14 bits per heavy atom. The number of unbranched alkanes of at least 4 members (excludes halogenated alkanes) is 1. The van der Waals surface area contributed by atoms with E-state index in [4.69, 9.17) is 11.5 Å². The first-order chi connectivity index (χ1) is 10.5. The third kappa shape index (κ3) is 12.1. The summed E-state index contributed by atoms with van der Waals surface area (Å²) in [5.41, 5.74) is 10.9. The van der Waals surface area contributed by atoms with Crippen LogP contribution in [-0.2, 0) is 0 Å². The molecule has 0 heterocycles. The molecule has 0 aromatic rings. The van der Waals surface area contributed by atoms with Crippen LogP contribution in [0.1, 0.15) is 26.2 Å². The van der Waals surface area contributed by atoms with Crippen molar-refractivity contribution in [2.45, 2.75) is 38.4 Å². The summed E-state index contributed by atoms with van der Waals surface area (Å²) >= 11 is 0. The quantitative estimate of drug-likeness (QED) is 0.257. The molecular weight excluding hydrogens is 280 g/mol. The molecule has 0 rings (SSSR count). The van der Waals surface area contributed by atoms with Crippen LogP contribution in [0, 0.1) is 0 Å². The first kappa shape index (κ1) is 21.5. The average Bonchev–Trinajstić information content (AvgIpc) is 2.50. The van der Waals surface area contributed by atoms with Gasteiger partial charge in [-0.3, -0.25) is 4.90 Å². The van der Waals surface area contributed by atoms with Gasteiger partial charge in [0.15, 0.2) is 0 Å². The van der Waals surface area contributed by atoms with Gasteiger partial charge in [0.25, 0.3) is 0 Å². The molecule has 0 spiro atoms. The first-order valence-electron chi connectivity index (χ1n) is 8.35. The minimum absolute atomic E-state index is 0.299. The van der Waals surface area contributed by atoms with Crippen LogP contribution in [0.2, 0.25) is 0 Å². The number of likely N-dealkylation sites (N-methyl/N-ethyl adjacent to an activating group) is 1. The second-order valence-electron chi connectivity index (χ2n) is 5.89. The number of nitrogens with zero attached hydrogens (tertiary/aromatic N) is 2. The predicted molar refractivity (Wildman–Crippen MR) is 92.7 cm³/mol. The Balaban J connectivity index is 3.97. The van der Waals surface area contributed by atoms with Gasteiger partial charge in [0.2, 0.25) is 0 Å². The molecule has 0 saturated carbocycles. The van der Waals surface area contributed by atoms with E-state index in [0.717, 1.165) is 38.9 Å². The lowest BCUT2D eigenvalue weighted by Crippen LogP contribution is -2.37. The number of nitrogens with two attached hydrogens (primary N) is 2. The highest BCUT2D eigenvalue weighted by Crippen LogP contribution is 2.00. The molecule has 0 aromatic heterocycles. The summed E-state index contributed by atoms with van der Waals surface area (Å²) in [7, 11) is 2.00. The topological polar surface area (TPSA) is 99.0 Å². The summed E-state index contributed by atoms with van der Waals surface area (Å²) in [6.45, 7) is 6.69. The fourth-order valence-corrected chi connectivity index (χ4v) is 2.26. The summed E-state index contributed by atoms with van der Waals surface area (Å²) in [6, 6.07) is 0. The Kier molecular flexibility index (Phi) is 13.8. The predicted octanol–water partition coefficient (Wildman–Crippen LogP) is -0.394. The van der Waals surface area contributed by atoms with Crippen LogP contribution < -0.4 is 11.5 Å². The molecule has 0 saturated heterocycles. The highest BCUT2D eigenvalue weighted by Gasteiger charge is 2.10.